The third-order valence-corrected chi connectivity index (χ3v) is 2.49. The molecular weight excluding hydrogens is 212 g/mol. The van der Waals surface area contributed by atoms with Gasteiger partial charge >= 0.3 is 0 Å². The van der Waals surface area contributed by atoms with Gasteiger partial charge in [0.15, 0.2) is 0 Å². The van der Waals surface area contributed by atoms with E-state index in [9.17, 15) is 8.78 Å². The molecule has 16 heavy (non-hydrogen) atoms. The molecule has 2 rings (SSSR count). The average Bonchev–Trinajstić information content (AvgIpc) is 2.43. The average molecular weight is 223 g/mol. The van der Waals surface area contributed by atoms with E-state index in [0.29, 0.717) is 22.9 Å². The molecule has 1 aromatic heterocycles. The number of aromatic nitrogens is 2. The van der Waals surface area contributed by atoms with Gasteiger partial charge in [0.1, 0.15) is 11.6 Å². The normalized spacial score (nSPS) is 10.8. The van der Waals surface area contributed by atoms with Crippen LogP contribution in [0.4, 0.5) is 14.7 Å². The Morgan fingerprint density at radius 3 is 2.50 bits per heavy atom. The first-order chi connectivity index (χ1) is 7.50. The van der Waals surface area contributed by atoms with Crippen molar-refractivity contribution in [1.82, 2.24) is 9.55 Å². The lowest BCUT2D eigenvalue weighted by molar-refractivity contribution is 0.584. The Labute approximate surface area is 91.5 Å². The molecule has 0 amide bonds. The molecule has 0 saturated heterocycles. The van der Waals surface area contributed by atoms with Crippen molar-refractivity contribution in [2.24, 2.45) is 7.05 Å². The number of nitrogens with two attached hydrogens (primary N) is 1. The second kappa shape index (κ2) is 3.59. The summed E-state index contributed by atoms with van der Waals surface area (Å²) in [5.41, 5.74) is 7.09. The Morgan fingerprint density at radius 2 is 2.00 bits per heavy atom. The summed E-state index contributed by atoms with van der Waals surface area (Å²) in [5.74, 6) is -0.920. The molecule has 0 saturated carbocycles. The van der Waals surface area contributed by atoms with E-state index in [1.165, 1.54) is 12.1 Å². The summed E-state index contributed by atoms with van der Waals surface area (Å²) < 4.78 is 27.9. The van der Waals surface area contributed by atoms with Crippen molar-refractivity contribution in [3.8, 4) is 11.3 Å². The van der Waals surface area contributed by atoms with Gasteiger partial charge in [0.2, 0.25) is 5.95 Å². The molecule has 0 aliphatic heterocycles. The van der Waals surface area contributed by atoms with Gasteiger partial charge in [0, 0.05) is 18.7 Å². The van der Waals surface area contributed by atoms with Crippen LogP contribution in [0.2, 0.25) is 0 Å². The fourth-order valence-electron chi connectivity index (χ4n) is 1.71. The number of imidazole rings is 1. The first-order valence-electron chi connectivity index (χ1n) is 4.75. The number of rotatable bonds is 1. The molecule has 0 aliphatic carbocycles. The smallest absolute Gasteiger partial charge is 0.200 e. The van der Waals surface area contributed by atoms with Crippen LogP contribution < -0.4 is 5.73 Å². The summed E-state index contributed by atoms with van der Waals surface area (Å²) in [5, 5.41) is 0. The van der Waals surface area contributed by atoms with Crippen LogP contribution in [0.25, 0.3) is 11.3 Å². The van der Waals surface area contributed by atoms with Crippen molar-refractivity contribution in [2.75, 3.05) is 5.73 Å². The zero-order valence-corrected chi connectivity index (χ0v) is 8.96. The summed E-state index contributed by atoms with van der Waals surface area (Å²) in [6.07, 6.45) is 0. The van der Waals surface area contributed by atoms with Crippen LogP contribution in [0.3, 0.4) is 0 Å². The van der Waals surface area contributed by atoms with Crippen LogP contribution in [0.15, 0.2) is 18.2 Å². The lowest BCUT2D eigenvalue weighted by atomic mass is 10.1. The zero-order chi connectivity index (χ0) is 11.9. The Morgan fingerprint density at radius 1 is 1.31 bits per heavy atom. The summed E-state index contributed by atoms with van der Waals surface area (Å²) in [4.78, 5) is 4.03. The van der Waals surface area contributed by atoms with Crippen molar-refractivity contribution < 1.29 is 8.78 Å². The molecule has 0 bridgehead atoms. The number of anilines is 1. The summed E-state index contributed by atoms with van der Waals surface area (Å²) >= 11 is 0. The zero-order valence-electron chi connectivity index (χ0n) is 8.96. The molecule has 0 atom stereocenters. The molecule has 5 heteroatoms. The van der Waals surface area contributed by atoms with Crippen molar-refractivity contribution in [3.63, 3.8) is 0 Å². The molecule has 84 valence electrons. The number of halogens is 2. The van der Waals surface area contributed by atoms with Gasteiger partial charge in [0.05, 0.1) is 11.4 Å². The van der Waals surface area contributed by atoms with Crippen LogP contribution >= 0.6 is 0 Å². The van der Waals surface area contributed by atoms with E-state index in [1.54, 1.807) is 18.5 Å². The number of nitrogen functional groups attached to an aromatic ring is 1. The molecule has 3 nitrogen and oxygen atoms in total. The minimum absolute atomic E-state index is 0.297. The van der Waals surface area contributed by atoms with Crippen molar-refractivity contribution in [2.45, 2.75) is 6.92 Å². The quantitative estimate of drug-likeness (QED) is 0.805. The topological polar surface area (TPSA) is 43.8 Å². The maximum atomic E-state index is 13.6. The molecule has 0 unspecified atom stereocenters. The van der Waals surface area contributed by atoms with E-state index in [1.807, 2.05) is 0 Å². The Hall–Kier alpha value is -1.91. The Balaban J connectivity index is 2.67. The molecule has 0 fully saturated rings. The minimum Gasteiger partial charge on any atom is -0.369 e. The number of hydrogen-bond donors (Lipinski definition) is 1. The van der Waals surface area contributed by atoms with Gasteiger partial charge in [-0.15, -0.1) is 0 Å². The molecule has 2 aromatic rings. The third-order valence-electron chi connectivity index (χ3n) is 2.49. The van der Waals surface area contributed by atoms with Gasteiger partial charge in [-0.25, -0.2) is 13.8 Å². The summed E-state index contributed by atoms with van der Waals surface area (Å²) in [6, 6.07) is 3.44. The van der Waals surface area contributed by atoms with Crippen LogP contribution in [-0.4, -0.2) is 9.55 Å². The SMILES string of the molecule is Cc1nc(N)n(C)c1-c1ccc(F)cc1F. The van der Waals surface area contributed by atoms with E-state index in [2.05, 4.69) is 4.98 Å². The van der Waals surface area contributed by atoms with E-state index < -0.39 is 11.6 Å². The highest BCUT2D eigenvalue weighted by atomic mass is 19.1. The van der Waals surface area contributed by atoms with Gasteiger partial charge in [0.25, 0.3) is 0 Å². The predicted molar refractivity (Wildman–Crippen MR) is 57.7 cm³/mol. The van der Waals surface area contributed by atoms with Gasteiger partial charge < -0.3 is 10.3 Å². The Bertz CT molecular complexity index is 546. The fraction of sp³-hybridized carbons (Fsp3) is 0.182. The van der Waals surface area contributed by atoms with Crippen LogP contribution in [0.1, 0.15) is 5.69 Å². The molecule has 0 radical (unpaired) electrons. The van der Waals surface area contributed by atoms with Crippen molar-refractivity contribution >= 4 is 5.95 Å². The van der Waals surface area contributed by atoms with Crippen molar-refractivity contribution in [3.05, 3.63) is 35.5 Å². The first kappa shape index (κ1) is 10.6. The molecule has 1 aromatic carbocycles. The fourth-order valence-corrected chi connectivity index (χ4v) is 1.71. The van der Waals surface area contributed by atoms with E-state index >= 15 is 0 Å². The van der Waals surface area contributed by atoms with E-state index in [-0.39, 0.29) is 0 Å². The van der Waals surface area contributed by atoms with Gasteiger partial charge in [-0.1, -0.05) is 0 Å². The summed E-state index contributed by atoms with van der Waals surface area (Å²) in [6.45, 7) is 1.73. The molecule has 2 N–H and O–H groups in total. The van der Waals surface area contributed by atoms with Gasteiger partial charge in [-0.05, 0) is 19.1 Å². The number of hydrogen-bond acceptors (Lipinski definition) is 2. The summed E-state index contributed by atoms with van der Waals surface area (Å²) in [7, 11) is 1.69. The molecule has 0 spiro atoms. The standard InChI is InChI=1S/C11H11F2N3/c1-6-10(16(2)11(14)15-6)8-4-3-7(12)5-9(8)13/h3-5H,1-2H3,(H2,14,15). The van der Waals surface area contributed by atoms with Crippen LogP contribution in [0.5, 0.6) is 0 Å². The minimum atomic E-state index is -0.619. The lowest BCUT2D eigenvalue weighted by Gasteiger charge is -2.06. The maximum absolute atomic E-state index is 13.6. The number of benzene rings is 1. The monoisotopic (exact) mass is 223 g/mol. The van der Waals surface area contributed by atoms with Crippen LogP contribution in [-0.2, 0) is 7.05 Å². The van der Waals surface area contributed by atoms with Gasteiger partial charge in [-0.3, -0.25) is 0 Å². The molecular formula is C11H11F2N3. The highest BCUT2D eigenvalue weighted by Crippen LogP contribution is 2.27. The largest absolute Gasteiger partial charge is 0.369 e. The lowest BCUT2D eigenvalue weighted by Crippen LogP contribution is -2.00. The van der Waals surface area contributed by atoms with Gasteiger partial charge in [-0.2, -0.15) is 0 Å². The van der Waals surface area contributed by atoms with Crippen LogP contribution in [0, 0.1) is 18.6 Å². The number of aryl methyl sites for hydroxylation is 1. The highest BCUT2D eigenvalue weighted by Gasteiger charge is 2.15. The van der Waals surface area contributed by atoms with E-state index in [4.69, 9.17) is 5.73 Å². The highest BCUT2D eigenvalue weighted by molar-refractivity contribution is 5.65. The Kier molecular flexibility index (Phi) is 2.38. The first-order valence-corrected chi connectivity index (χ1v) is 4.75. The maximum Gasteiger partial charge on any atom is 0.200 e. The second-order valence-electron chi connectivity index (χ2n) is 3.59. The number of nitrogens with zero attached hydrogens (tertiary/aromatic N) is 2. The third kappa shape index (κ3) is 1.54. The predicted octanol–water partition coefficient (Wildman–Crippen LogP) is 2.26. The van der Waals surface area contributed by atoms with Crippen molar-refractivity contribution in [1.29, 1.82) is 0 Å². The second-order valence-corrected chi connectivity index (χ2v) is 3.59. The van der Waals surface area contributed by atoms with E-state index in [0.717, 1.165) is 6.07 Å². The molecule has 1 heterocycles. The molecule has 0 aliphatic rings.